The Kier molecular flexibility index (Phi) is 2.39. The van der Waals surface area contributed by atoms with Crippen molar-refractivity contribution in [3.8, 4) is 5.75 Å². The molecule has 0 bridgehead atoms. The van der Waals surface area contributed by atoms with Gasteiger partial charge in [-0.3, -0.25) is 0 Å². The van der Waals surface area contributed by atoms with E-state index >= 15 is 0 Å². The molecule has 0 unspecified atom stereocenters. The topological polar surface area (TPSA) is 46.5 Å². The normalized spacial score (nSPS) is 17.5. The van der Waals surface area contributed by atoms with Crippen LogP contribution in [0.5, 0.6) is 5.75 Å². The zero-order valence-electron chi connectivity index (χ0n) is 9.53. The third-order valence-corrected chi connectivity index (χ3v) is 3.49. The van der Waals surface area contributed by atoms with E-state index in [2.05, 4.69) is 6.07 Å². The number of aryl methyl sites for hydroxylation is 1. The van der Waals surface area contributed by atoms with Gasteiger partial charge in [0.2, 0.25) is 0 Å². The molecule has 88 valence electrons. The molecule has 1 aromatic rings. The number of rotatable bonds is 1. The summed E-state index contributed by atoms with van der Waals surface area (Å²) in [6.45, 7) is 0.179. The first-order valence-corrected chi connectivity index (χ1v) is 5.97. The smallest absolute Gasteiger partial charge is 0.335 e. The Bertz CT molecular complexity index is 514. The van der Waals surface area contributed by atoms with Crippen molar-refractivity contribution in [3.05, 3.63) is 34.4 Å². The molecule has 1 aromatic carbocycles. The van der Waals surface area contributed by atoms with Crippen molar-refractivity contribution in [1.29, 1.82) is 0 Å². The van der Waals surface area contributed by atoms with Crippen LogP contribution in [0.1, 0.15) is 29.5 Å². The van der Waals surface area contributed by atoms with Gasteiger partial charge in [0.15, 0.2) is 0 Å². The molecular formula is C14H14O3. The van der Waals surface area contributed by atoms with Crippen molar-refractivity contribution in [2.45, 2.75) is 25.7 Å². The highest BCUT2D eigenvalue weighted by molar-refractivity contribution is 5.94. The molecule has 0 saturated heterocycles. The highest BCUT2D eigenvalue weighted by atomic mass is 16.5. The first-order chi connectivity index (χ1) is 8.25. The monoisotopic (exact) mass is 230 g/mol. The zero-order valence-corrected chi connectivity index (χ0v) is 9.53. The molecule has 3 rings (SSSR count). The van der Waals surface area contributed by atoms with E-state index in [0.717, 1.165) is 24.2 Å². The van der Waals surface area contributed by atoms with Crippen molar-refractivity contribution < 1.29 is 14.6 Å². The van der Waals surface area contributed by atoms with Crippen molar-refractivity contribution in [3.63, 3.8) is 0 Å². The molecule has 17 heavy (non-hydrogen) atoms. The first-order valence-electron chi connectivity index (χ1n) is 5.97. The van der Waals surface area contributed by atoms with E-state index in [-0.39, 0.29) is 6.61 Å². The van der Waals surface area contributed by atoms with Gasteiger partial charge in [0.1, 0.15) is 12.4 Å². The standard InChI is InChI=1S/C14H14O3/c15-14(16)11-7-10-6-5-9-3-1-2-4-12(9)13(10)17-8-11/h5-7H,1-4,8H2,(H,15,16). The largest absolute Gasteiger partial charge is 0.488 e. The lowest BCUT2D eigenvalue weighted by Gasteiger charge is -2.24. The summed E-state index contributed by atoms with van der Waals surface area (Å²) >= 11 is 0. The van der Waals surface area contributed by atoms with Gasteiger partial charge in [0.05, 0.1) is 5.57 Å². The number of hydrogen-bond donors (Lipinski definition) is 1. The van der Waals surface area contributed by atoms with Gasteiger partial charge in [0, 0.05) is 5.56 Å². The molecule has 0 radical (unpaired) electrons. The fourth-order valence-electron chi connectivity index (χ4n) is 2.60. The van der Waals surface area contributed by atoms with Crippen LogP contribution in [0.25, 0.3) is 6.08 Å². The van der Waals surface area contributed by atoms with Crippen molar-refractivity contribution in [1.82, 2.24) is 0 Å². The molecular weight excluding hydrogens is 216 g/mol. The number of aliphatic carboxylic acids is 1. The lowest BCUT2D eigenvalue weighted by atomic mass is 9.88. The minimum atomic E-state index is -0.895. The minimum absolute atomic E-state index is 0.179. The van der Waals surface area contributed by atoms with Gasteiger partial charge < -0.3 is 9.84 Å². The number of carboxylic acid groups (broad SMARTS) is 1. The number of ether oxygens (including phenoxy) is 1. The Morgan fingerprint density at radius 3 is 2.88 bits per heavy atom. The molecule has 3 nitrogen and oxygen atoms in total. The lowest BCUT2D eigenvalue weighted by molar-refractivity contribution is -0.132. The molecule has 1 aliphatic heterocycles. The number of fused-ring (bicyclic) bond motifs is 3. The van der Waals surface area contributed by atoms with Crippen LogP contribution in [0.15, 0.2) is 17.7 Å². The van der Waals surface area contributed by atoms with Crippen LogP contribution in [0, 0.1) is 0 Å². The van der Waals surface area contributed by atoms with E-state index in [1.165, 1.54) is 24.0 Å². The Morgan fingerprint density at radius 2 is 2.06 bits per heavy atom. The summed E-state index contributed by atoms with van der Waals surface area (Å²) in [5.41, 5.74) is 3.89. The quantitative estimate of drug-likeness (QED) is 0.806. The van der Waals surface area contributed by atoms with Crippen LogP contribution in [0.4, 0.5) is 0 Å². The fraction of sp³-hybridized carbons (Fsp3) is 0.357. The molecule has 2 aliphatic rings. The number of hydrogen-bond acceptors (Lipinski definition) is 2. The third kappa shape index (κ3) is 1.71. The first kappa shape index (κ1) is 10.4. The van der Waals surface area contributed by atoms with Crippen molar-refractivity contribution in [2.24, 2.45) is 0 Å². The Morgan fingerprint density at radius 1 is 1.24 bits per heavy atom. The molecule has 1 aliphatic carbocycles. The summed E-state index contributed by atoms with van der Waals surface area (Å²) in [4.78, 5) is 10.9. The molecule has 3 heteroatoms. The van der Waals surface area contributed by atoms with Crippen LogP contribution < -0.4 is 4.74 Å². The van der Waals surface area contributed by atoms with Gasteiger partial charge in [-0.15, -0.1) is 0 Å². The maximum atomic E-state index is 10.9. The predicted molar refractivity (Wildman–Crippen MR) is 64.2 cm³/mol. The van der Waals surface area contributed by atoms with Gasteiger partial charge in [-0.25, -0.2) is 4.79 Å². The van der Waals surface area contributed by atoms with Crippen molar-refractivity contribution in [2.75, 3.05) is 6.61 Å². The molecule has 0 saturated carbocycles. The number of carbonyl (C=O) groups is 1. The maximum Gasteiger partial charge on any atom is 0.335 e. The molecule has 0 spiro atoms. The lowest BCUT2D eigenvalue weighted by Crippen LogP contribution is -2.17. The van der Waals surface area contributed by atoms with Crippen LogP contribution in [0.3, 0.4) is 0 Å². The van der Waals surface area contributed by atoms with Crippen molar-refractivity contribution >= 4 is 12.0 Å². The van der Waals surface area contributed by atoms with Crippen LogP contribution in [0.2, 0.25) is 0 Å². The molecule has 0 atom stereocenters. The summed E-state index contributed by atoms with van der Waals surface area (Å²) in [7, 11) is 0. The summed E-state index contributed by atoms with van der Waals surface area (Å²) in [5.74, 6) is 0.0144. The fourth-order valence-corrected chi connectivity index (χ4v) is 2.60. The van der Waals surface area contributed by atoms with Gasteiger partial charge in [-0.1, -0.05) is 12.1 Å². The number of carboxylic acids is 1. The number of benzene rings is 1. The second-order valence-corrected chi connectivity index (χ2v) is 4.59. The highest BCUT2D eigenvalue weighted by Crippen LogP contribution is 2.36. The minimum Gasteiger partial charge on any atom is -0.488 e. The van der Waals surface area contributed by atoms with Crippen LogP contribution in [-0.2, 0) is 17.6 Å². The SMILES string of the molecule is O=C(O)C1=Cc2ccc3c(c2OC1)CCCC3. The van der Waals surface area contributed by atoms with E-state index in [1.807, 2.05) is 6.07 Å². The van der Waals surface area contributed by atoms with Gasteiger partial charge >= 0.3 is 5.97 Å². The summed E-state index contributed by atoms with van der Waals surface area (Å²) < 4.78 is 5.65. The van der Waals surface area contributed by atoms with Crippen LogP contribution in [-0.4, -0.2) is 17.7 Å². The van der Waals surface area contributed by atoms with E-state index in [9.17, 15) is 4.79 Å². The van der Waals surface area contributed by atoms with E-state index < -0.39 is 5.97 Å². The second-order valence-electron chi connectivity index (χ2n) is 4.59. The average Bonchev–Trinajstić information content (AvgIpc) is 2.38. The molecule has 0 fully saturated rings. The average molecular weight is 230 g/mol. The molecule has 1 heterocycles. The van der Waals surface area contributed by atoms with Crippen LogP contribution >= 0.6 is 0 Å². The van der Waals surface area contributed by atoms with E-state index in [0.29, 0.717) is 5.57 Å². The van der Waals surface area contributed by atoms with Gasteiger partial charge in [-0.05, 0) is 42.9 Å². The summed E-state index contributed by atoms with van der Waals surface area (Å²) in [5, 5.41) is 8.95. The Hall–Kier alpha value is -1.77. The summed E-state index contributed by atoms with van der Waals surface area (Å²) in [6, 6.07) is 4.08. The Balaban J connectivity index is 2.09. The molecule has 1 N–H and O–H groups in total. The van der Waals surface area contributed by atoms with Gasteiger partial charge in [0.25, 0.3) is 0 Å². The summed E-state index contributed by atoms with van der Waals surface area (Å²) in [6.07, 6.45) is 6.33. The maximum absolute atomic E-state index is 10.9. The molecule has 0 amide bonds. The third-order valence-electron chi connectivity index (χ3n) is 3.49. The zero-order chi connectivity index (χ0) is 11.8. The highest BCUT2D eigenvalue weighted by Gasteiger charge is 2.22. The second kappa shape index (κ2) is 3.91. The van der Waals surface area contributed by atoms with E-state index in [4.69, 9.17) is 9.84 Å². The van der Waals surface area contributed by atoms with Gasteiger partial charge in [-0.2, -0.15) is 0 Å². The predicted octanol–water partition coefficient (Wildman–Crippen LogP) is 2.43. The molecule has 0 aromatic heterocycles. The van der Waals surface area contributed by atoms with E-state index in [1.54, 1.807) is 6.08 Å². The Labute approximate surface area is 99.7 Å².